The summed E-state index contributed by atoms with van der Waals surface area (Å²) < 4.78 is 0. The molecule has 1 aliphatic heterocycles. The Labute approximate surface area is 150 Å². The summed E-state index contributed by atoms with van der Waals surface area (Å²) in [5, 5.41) is 17.2. The monoisotopic (exact) mass is 346 g/mol. The van der Waals surface area contributed by atoms with Gasteiger partial charge in [0.25, 0.3) is 11.8 Å². The standard InChI is InChI=1S/C21H18N2O3/c24-17-10-9-12-3-1-2-4-15(12)16(17)11-22-23-20(25)18-13-5-6-14(8-7-13)19(18)21(23)26/h1-6,9-11,13-14,18-19,24H,7-8H2/b22-11+. The molecule has 2 fully saturated rings. The topological polar surface area (TPSA) is 70.0 Å². The number of nitrogens with zero attached hydrogens (tertiary/aromatic N) is 2. The van der Waals surface area contributed by atoms with Gasteiger partial charge in [-0.05, 0) is 41.5 Å². The van der Waals surface area contributed by atoms with E-state index in [2.05, 4.69) is 17.3 Å². The number of aromatic hydroxyl groups is 1. The van der Waals surface area contributed by atoms with Gasteiger partial charge in [-0.3, -0.25) is 9.59 Å². The van der Waals surface area contributed by atoms with Crippen molar-refractivity contribution in [2.75, 3.05) is 0 Å². The van der Waals surface area contributed by atoms with E-state index >= 15 is 0 Å². The minimum Gasteiger partial charge on any atom is -0.507 e. The van der Waals surface area contributed by atoms with Gasteiger partial charge in [-0.2, -0.15) is 10.1 Å². The lowest BCUT2D eigenvalue weighted by atomic mass is 9.63. The largest absolute Gasteiger partial charge is 0.507 e. The van der Waals surface area contributed by atoms with Gasteiger partial charge in [0.05, 0.1) is 18.1 Å². The maximum Gasteiger partial charge on any atom is 0.254 e. The van der Waals surface area contributed by atoms with E-state index in [9.17, 15) is 14.7 Å². The molecule has 4 unspecified atom stereocenters. The predicted octanol–water partition coefficient (Wildman–Crippen LogP) is 3.08. The first-order chi connectivity index (χ1) is 12.6. The molecule has 2 amide bonds. The van der Waals surface area contributed by atoms with Crippen molar-refractivity contribution < 1.29 is 14.7 Å². The number of rotatable bonds is 2. The first kappa shape index (κ1) is 15.3. The number of amides is 2. The molecule has 0 aromatic heterocycles. The van der Waals surface area contributed by atoms with Gasteiger partial charge in [-0.15, -0.1) is 0 Å². The highest BCUT2D eigenvalue weighted by molar-refractivity contribution is 6.08. The molecule has 1 N–H and O–H groups in total. The number of carbonyl (C=O) groups is 2. The van der Waals surface area contributed by atoms with Crippen molar-refractivity contribution in [3.8, 4) is 5.75 Å². The zero-order valence-electron chi connectivity index (χ0n) is 14.1. The normalized spacial score (nSPS) is 29.9. The molecule has 0 spiro atoms. The first-order valence-electron chi connectivity index (χ1n) is 8.96. The molecule has 0 radical (unpaired) electrons. The highest BCUT2D eigenvalue weighted by Crippen LogP contribution is 2.49. The highest BCUT2D eigenvalue weighted by Gasteiger charge is 2.56. The van der Waals surface area contributed by atoms with Crippen molar-refractivity contribution >= 4 is 28.8 Å². The van der Waals surface area contributed by atoms with Crippen LogP contribution >= 0.6 is 0 Å². The quantitative estimate of drug-likeness (QED) is 0.516. The van der Waals surface area contributed by atoms with E-state index in [1.807, 2.05) is 30.3 Å². The molecule has 5 heteroatoms. The summed E-state index contributed by atoms with van der Waals surface area (Å²) in [7, 11) is 0. The van der Waals surface area contributed by atoms with Crippen LogP contribution in [0.1, 0.15) is 18.4 Å². The van der Waals surface area contributed by atoms with Gasteiger partial charge in [-0.1, -0.05) is 42.5 Å². The van der Waals surface area contributed by atoms with Crippen LogP contribution in [0.25, 0.3) is 10.8 Å². The molecular weight excluding hydrogens is 328 g/mol. The van der Waals surface area contributed by atoms with Gasteiger partial charge in [-0.25, -0.2) is 0 Å². The fraction of sp³-hybridized carbons (Fsp3) is 0.286. The van der Waals surface area contributed by atoms with Crippen LogP contribution in [0.3, 0.4) is 0 Å². The van der Waals surface area contributed by atoms with Gasteiger partial charge >= 0.3 is 0 Å². The Morgan fingerprint density at radius 3 is 2.27 bits per heavy atom. The van der Waals surface area contributed by atoms with Crippen molar-refractivity contribution in [3.05, 3.63) is 54.1 Å². The highest BCUT2D eigenvalue weighted by atomic mass is 16.3. The molecule has 4 atom stereocenters. The third-order valence-electron chi connectivity index (χ3n) is 5.99. The van der Waals surface area contributed by atoms with Crippen LogP contribution in [0.4, 0.5) is 0 Å². The number of fused-ring (bicyclic) bond motifs is 2. The zero-order chi connectivity index (χ0) is 17.8. The maximum atomic E-state index is 12.8. The molecule has 4 aliphatic rings. The summed E-state index contributed by atoms with van der Waals surface area (Å²) in [5.74, 6) is -0.606. The lowest BCUT2D eigenvalue weighted by Gasteiger charge is -2.37. The molecular formula is C21H18N2O3. The van der Waals surface area contributed by atoms with Crippen molar-refractivity contribution in [2.45, 2.75) is 12.8 Å². The molecule has 1 saturated carbocycles. The van der Waals surface area contributed by atoms with E-state index < -0.39 is 0 Å². The van der Waals surface area contributed by atoms with E-state index in [-0.39, 0.29) is 41.2 Å². The minimum atomic E-state index is -0.274. The van der Waals surface area contributed by atoms with Crippen molar-refractivity contribution in [1.29, 1.82) is 0 Å². The van der Waals surface area contributed by atoms with Crippen LogP contribution in [0, 0.1) is 23.7 Å². The third-order valence-corrected chi connectivity index (χ3v) is 5.99. The average molecular weight is 346 g/mol. The smallest absolute Gasteiger partial charge is 0.254 e. The average Bonchev–Trinajstić information content (AvgIpc) is 2.95. The van der Waals surface area contributed by atoms with Crippen molar-refractivity contribution in [3.63, 3.8) is 0 Å². The fourth-order valence-electron chi connectivity index (χ4n) is 4.71. The van der Waals surface area contributed by atoms with Crippen molar-refractivity contribution in [2.24, 2.45) is 28.8 Å². The SMILES string of the molecule is O=C1C2C3C=CC(CC3)C2C(=O)N1/N=C/c1c(O)ccc2ccccc12. The maximum absolute atomic E-state index is 12.8. The number of benzene rings is 2. The zero-order valence-corrected chi connectivity index (χ0v) is 14.1. The minimum absolute atomic E-state index is 0.0747. The molecule has 1 saturated heterocycles. The van der Waals surface area contributed by atoms with Crippen LogP contribution in [-0.2, 0) is 9.59 Å². The summed E-state index contributed by atoms with van der Waals surface area (Å²) in [5.41, 5.74) is 0.514. The van der Waals surface area contributed by atoms with E-state index in [0.717, 1.165) is 28.6 Å². The number of carbonyl (C=O) groups excluding carboxylic acids is 2. The summed E-state index contributed by atoms with van der Waals surface area (Å²) in [6, 6.07) is 11.0. The Hall–Kier alpha value is -2.95. The van der Waals surface area contributed by atoms with Crippen LogP contribution < -0.4 is 0 Å². The molecule has 3 aliphatic carbocycles. The van der Waals surface area contributed by atoms with E-state index in [1.54, 1.807) is 6.07 Å². The van der Waals surface area contributed by atoms with Gasteiger partial charge in [0.15, 0.2) is 0 Å². The van der Waals surface area contributed by atoms with Gasteiger partial charge in [0.2, 0.25) is 0 Å². The van der Waals surface area contributed by atoms with E-state index in [1.165, 1.54) is 6.21 Å². The number of hydrogen-bond acceptors (Lipinski definition) is 4. The molecule has 2 aromatic carbocycles. The Bertz CT molecular complexity index is 962. The second kappa shape index (κ2) is 5.53. The Morgan fingerprint density at radius 1 is 0.962 bits per heavy atom. The summed E-state index contributed by atoms with van der Waals surface area (Å²) in [6.07, 6.45) is 7.53. The molecule has 130 valence electrons. The summed E-state index contributed by atoms with van der Waals surface area (Å²) in [4.78, 5) is 25.6. The molecule has 6 rings (SSSR count). The summed E-state index contributed by atoms with van der Waals surface area (Å²) >= 11 is 0. The molecule has 26 heavy (non-hydrogen) atoms. The molecule has 2 aromatic rings. The number of hydrogen-bond donors (Lipinski definition) is 1. The lowest BCUT2D eigenvalue weighted by Crippen LogP contribution is -2.38. The number of phenols is 1. The Balaban J connectivity index is 1.52. The van der Waals surface area contributed by atoms with E-state index in [4.69, 9.17) is 0 Å². The van der Waals surface area contributed by atoms with Gasteiger partial charge in [0, 0.05) is 5.56 Å². The second-order valence-corrected chi connectivity index (χ2v) is 7.29. The first-order valence-corrected chi connectivity index (χ1v) is 8.96. The van der Waals surface area contributed by atoms with Crippen LogP contribution in [-0.4, -0.2) is 28.1 Å². The number of hydrazone groups is 1. The Morgan fingerprint density at radius 2 is 1.62 bits per heavy atom. The predicted molar refractivity (Wildman–Crippen MR) is 97.4 cm³/mol. The Kier molecular flexibility index (Phi) is 3.26. The van der Waals surface area contributed by atoms with Crippen LogP contribution in [0.2, 0.25) is 0 Å². The fourth-order valence-corrected chi connectivity index (χ4v) is 4.71. The van der Waals surface area contributed by atoms with Gasteiger partial charge < -0.3 is 5.11 Å². The number of imide groups is 1. The lowest BCUT2D eigenvalue weighted by molar-refractivity contribution is -0.140. The summed E-state index contributed by atoms with van der Waals surface area (Å²) in [6.45, 7) is 0. The van der Waals surface area contributed by atoms with E-state index in [0.29, 0.717) is 5.56 Å². The second-order valence-electron chi connectivity index (χ2n) is 7.29. The number of allylic oxidation sites excluding steroid dienone is 2. The van der Waals surface area contributed by atoms with Crippen LogP contribution in [0.15, 0.2) is 53.7 Å². The van der Waals surface area contributed by atoms with Crippen molar-refractivity contribution in [1.82, 2.24) is 5.01 Å². The third kappa shape index (κ3) is 2.06. The number of phenolic OH excluding ortho intramolecular Hbond substituents is 1. The van der Waals surface area contributed by atoms with Crippen LogP contribution in [0.5, 0.6) is 5.75 Å². The van der Waals surface area contributed by atoms with Gasteiger partial charge in [0.1, 0.15) is 5.75 Å². The molecule has 5 nitrogen and oxygen atoms in total. The molecule has 2 bridgehead atoms. The molecule has 1 heterocycles.